The van der Waals surface area contributed by atoms with Crippen LogP contribution in [-0.2, 0) is 0 Å². The summed E-state index contributed by atoms with van der Waals surface area (Å²) in [6, 6.07) is 15.6. The van der Waals surface area contributed by atoms with Crippen LogP contribution in [0.15, 0.2) is 58.5 Å². The molecule has 1 aromatic heterocycles. The lowest BCUT2D eigenvalue weighted by Crippen LogP contribution is -2.43. The van der Waals surface area contributed by atoms with Crippen molar-refractivity contribution in [3.8, 4) is 0 Å². The number of para-hydroxylation sites is 1. The van der Waals surface area contributed by atoms with Gasteiger partial charge >= 0.3 is 0 Å². The number of hydrogen-bond acceptors (Lipinski definition) is 5. The quantitative estimate of drug-likeness (QED) is 0.353. The van der Waals surface area contributed by atoms with Crippen molar-refractivity contribution >= 4 is 34.2 Å². The maximum Gasteiger partial charge on any atom is 0.251 e. The summed E-state index contributed by atoms with van der Waals surface area (Å²) in [7, 11) is 0. The largest absolute Gasteiger partial charge is 0.399 e. The fraction of sp³-hybridized carbons (Fsp3) is 0.393. The Kier molecular flexibility index (Phi) is 7.54. The number of aryl methyl sites for hydroxylation is 1. The Hall–Kier alpha value is -3.61. The van der Waals surface area contributed by atoms with Crippen LogP contribution in [0.25, 0.3) is 10.9 Å². The number of aromatic nitrogens is 1. The van der Waals surface area contributed by atoms with Crippen LogP contribution in [0.4, 0.5) is 5.69 Å². The third kappa shape index (κ3) is 5.56. The van der Waals surface area contributed by atoms with Crippen LogP contribution in [0.1, 0.15) is 61.6 Å². The molecular formula is C28H36N6O. The number of amides is 1. The number of aromatic amines is 1. The molecular weight excluding hydrogens is 436 g/mol. The zero-order chi connectivity index (χ0) is 24.9. The van der Waals surface area contributed by atoms with Gasteiger partial charge in [-0.05, 0) is 56.5 Å². The summed E-state index contributed by atoms with van der Waals surface area (Å²) in [5.41, 5.74) is 11.5. The number of nitrogen functional groups attached to an aromatic ring is 1. The van der Waals surface area contributed by atoms with E-state index >= 15 is 0 Å². The molecule has 5 N–H and O–H groups in total. The van der Waals surface area contributed by atoms with Crippen LogP contribution in [0.3, 0.4) is 0 Å². The fourth-order valence-electron chi connectivity index (χ4n) is 4.64. The molecule has 7 heteroatoms. The van der Waals surface area contributed by atoms with Crippen LogP contribution in [-0.4, -0.2) is 41.2 Å². The van der Waals surface area contributed by atoms with Crippen molar-refractivity contribution in [1.29, 1.82) is 0 Å². The Bertz CT molecular complexity index is 1240. The van der Waals surface area contributed by atoms with Crippen LogP contribution in [0.2, 0.25) is 0 Å². The smallest absolute Gasteiger partial charge is 0.251 e. The third-order valence-electron chi connectivity index (χ3n) is 6.75. The van der Waals surface area contributed by atoms with Gasteiger partial charge in [0, 0.05) is 51.4 Å². The van der Waals surface area contributed by atoms with E-state index in [1.54, 1.807) is 24.3 Å². The molecule has 2 heterocycles. The molecule has 0 bridgehead atoms. The number of H-pyrrole nitrogens is 1. The Morgan fingerprint density at radius 3 is 2.54 bits per heavy atom. The first-order valence-corrected chi connectivity index (χ1v) is 12.5. The van der Waals surface area contributed by atoms with E-state index in [1.165, 1.54) is 10.9 Å². The first kappa shape index (κ1) is 24.5. The maximum absolute atomic E-state index is 12.7. The number of anilines is 1. The molecule has 0 aliphatic carbocycles. The number of rotatable bonds is 8. The number of carbonyl (C=O) groups excluding carboxylic acids is 1. The Morgan fingerprint density at radius 2 is 1.83 bits per heavy atom. The van der Waals surface area contributed by atoms with Crippen LogP contribution < -0.4 is 16.4 Å². The summed E-state index contributed by atoms with van der Waals surface area (Å²) >= 11 is 0. The van der Waals surface area contributed by atoms with Gasteiger partial charge in [-0.3, -0.25) is 9.79 Å². The molecule has 4 rings (SSSR count). The topological polar surface area (TPSA) is 108 Å². The number of hydrogen-bond donors (Lipinski definition) is 4. The monoisotopic (exact) mass is 472 g/mol. The van der Waals surface area contributed by atoms with Gasteiger partial charge in [0.25, 0.3) is 5.91 Å². The molecule has 3 unspecified atom stereocenters. The number of nitrogens with two attached hydrogens (primary N) is 1. The van der Waals surface area contributed by atoms with Crippen molar-refractivity contribution in [1.82, 2.24) is 15.6 Å². The summed E-state index contributed by atoms with van der Waals surface area (Å²) in [5.74, 6) is 0.834. The molecule has 0 saturated carbocycles. The molecule has 0 saturated heterocycles. The predicted molar refractivity (Wildman–Crippen MR) is 145 cm³/mol. The highest BCUT2D eigenvalue weighted by atomic mass is 16.1. The summed E-state index contributed by atoms with van der Waals surface area (Å²) in [4.78, 5) is 25.9. The van der Waals surface area contributed by atoms with E-state index in [2.05, 4.69) is 61.5 Å². The van der Waals surface area contributed by atoms with Crippen molar-refractivity contribution < 1.29 is 4.79 Å². The van der Waals surface area contributed by atoms with E-state index in [1.807, 2.05) is 6.07 Å². The fourth-order valence-corrected chi connectivity index (χ4v) is 4.64. The summed E-state index contributed by atoms with van der Waals surface area (Å²) in [5, 5.41) is 7.92. The van der Waals surface area contributed by atoms with Crippen LogP contribution in [0, 0.1) is 12.8 Å². The van der Waals surface area contributed by atoms with E-state index in [4.69, 9.17) is 15.7 Å². The molecule has 184 valence electrons. The molecule has 7 nitrogen and oxygen atoms in total. The lowest BCUT2D eigenvalue weighted by Gasteiger charge is -2.26. The standard InChI is InChI=1S/C28H36N6O/c1-5-21(32-27(35)19-11-13-20(29)14-12-19)15-22(6-2)33-28-30-16-17(3)26(34-28)25-18(4)31-24-10-8-7-9-23(24)25/h7-14,17,21-22,31H,5-6,15-16,29H2,1-4H3,(H,30,33)(H,32,35). The number of fused-ring (bicyclic) bond motifs is 1. The molecule has 1 amide bonds. The van der Waals surface area contributed by atoms with Gasteiger partial charge in [-0.2, -0.15) is 0 Å². The minimum Gasteiger partial charge on any atom is -0.399 e. The molecule has 2 aromatic carbocycles. The second-order valence-corrected chi connectivity index (χ2v) is 9.42. The second kappa shape index (κ2) is 10.8. The number of aliphatic imine (C=N–C) groups is 2. The first-order valence-electron chi connectivity index (χ1n) is 12.5. The van der Waals surface area contributed by atoms with Crippen molar-refractivity contribution in [2.45, 2.75) is 59.0 Å². The lowest BCUT2D eigenvalue weighted by molar-refractivity contribution is 0.0932. The van der Waals surface area contributed by atoms with Crippen molar-refractivity contribution in [3.05, 3.63) is 65.4 Å². The Morgan fingerprint density at radius 1 is 1.11 bits per heavy atom. The van der Waals surface area contributed by atoms with Gasteiger partial charge in [0.05, 0.1) is 12.3 Å². The average Bonchev–Trinajstić information content (AvgIpc) is 3.19. The Labute approximate surface area is 207 Å². The number of benzene rings is 2. The first-order chi connectivity index (χ1) is 16.9. The number of nitrogens with zero attached hydrogens (tertiary/aromatic N) is 2. The molecule has 3 aromatic rings. The average molecular weight is 473 g/mol. The zero-order valence-corrected chi connectivity index (χ0v) is 21.1. The van der Waals surface area contributed by atoms with E-state index in [-0.39, 0.29) is 23.9 Å². The third-order valence-corrected chi connectivity index (χ3v) is 6.75. The maximum atomic E-state index is 12.7. The molecule has 0 radical (unpaired) electrons. The summed E-state index contributed by atoms with van der Waals surface area (Å²) < 4.78 is 0. The Balaban J connectivity index is 1.47. The van der Waals surface area contributed by atoms with Gasteiger partial charge in [-0.25, -0.2) is 4.99 Å². The molecule has 0 spiro atoms. The minimum atomic E-state index is -0.0781. The van der Waals surface area contributed by atoms with Crippen LogP contribution >= 0.6 is 0 Å². The van der Waals surface area contributed by atoms with Gasteiger partial charge in [0.15, 0.2) is 0 Å². The van der Waals surface area contributed by atoms with E-state index < -0.39 is 0 Å². The van der Waals surface area contributed by atoms with Gasteiger partial charge in [0.1, 0.15) is 0 Å². The van der Waals surface area contributed by atoms with E-state index in [0.29, 0.717) is 23.8 Å². The highest BCUT2D eigenvalue weighted by molar-refractivity contribution is 6.17. The lowest BCUT2D eigenvalue weighted by atomic mass is 9.95. The predicted octanol–water partition coefficient (Wildman–Crippen LogP) is 4.82. The SMILES string of the molecule is CCC(CC(CC)NC1=NCC(C)C(c2c(C)[nH]c3ccccc23)=N1)NC(=O)c1ccc(N)cc1. The summed E-state index contributed by atoms with van der Waals surface area (Å²) in [6.07, 6.45) is 2.53. The zero-order valence-electron chi connectivity index (χ0n) is 21.1. The van der Waals surface area contributed by atoms with Crippen molar-refractivity contribution in [2.24, 2.45) is 15.9 Å². The molecule has 1 aliphatic rings. The molecule has 1 aliphatic heterocycles. The van der Waals surface area contributed by atoms with Gasteiger partial charge in [-0.1, -0.05) is 39.0 Å². The molecule has 3 atom stereocenters. The van der Waals surface area contributed by atoms with Gasteiger partial charge in [-0.15, -0.1) is 0 Å². The number of nitrogens with one attached hydrogen (secondary N) is 3. The molecule has 0 fully saturated rings. The van der Waals surface area contributed by atoms with Gasteiger partial charge < -0.3 is 21.4 Å². The van der Waals surface area contributed by atoms with E-state index in [0.717, 1.165) is 36.2 Å². The normalized spacial score (nSPS) is 17.4. The number of guanidine groups is 1. The minimum absolute atomic E-state index is 0.0416. The van der Waals surface area contributed by atoms with Crippen molar-refractivity contribution in [2.75, 3.05) is 12.3 Å². The highest BCUT2D eigenvalue weighted by Gasteiger charge is 2.25. The summed E-state index contributed by atoms with van der Waals surface area (Å²) in [6.45, 7) is 9.22. The number of carbonyl (C=O) groups is 1. The molecule has 35 heavy (non-hydrogen) atoms. The van der Waals surface area contributed by atoms with E-state index in [9.17, 15) is 4.79 Å². The van der Waals surface area contributed by atoms with Crippen LogP contribution in [0.5, 0.6) is 0 Å². The van der Waals surface area contributed by atoms with Gasteiger partial charge in [0.2, 0.25) is 5.96 Å². The highest BCUT2D eigenvalue weighted by Crippen LogP contribution is 2.26. The second-order valence-electron chi connectivity index (χ2n) is 9.42. The van der Waals surface area contributed by atoms with Crippen molar-refractivity contribution in [3.63, 3.8) is 0 Å².